The largest absolute Gasteiger partial charge is 0.356 e. The minimum Gasteiger partial charge on any atom is -0.356 e. The Morgan fingerprint density at radius 2 is 2.18 bits per heavy atom. The summed E-state index contributed by atoms with van der Waals surface area (Å²) >= 11 is 6.63. The predicted molar refractivity (Wildman–Crippen MR) is 73.1 cm³/mol. The third-order valence-electron chi connectivity index (χ3n) is 2.18. The number of aromatic amines is 1. The normalized spacial score (nSPS) is 10.3. The van der Waals surface area contributed by atoms with Gasteiger partial charge in [-0.05, 0) is 56.5 Å². The number of halogens is 2. The first-order valence-corrected chi connectivity index (χ1v) is 6.42. The lowest BCUT2D eigenvalue weighted by Crippen LogP contribution is -2.13. The van der Waals surface area contributed by atoms with E-state index < -0.39 is 0 Å². The monoisotopic (exact) mass is 357 g/mol. The van der Waals surface area contributed by atoms with Crippen molar-refractivity contribution in [2.75, 3.05) is 5.32 Å². The number of nitrogens with one attached hydrogen (secondary N) is 2. The van der Waals surface area contributed by atoms with Gasteiger partial charge in [-0.25, -0.2) is 4.98 Å². The smallest absolute Gasteiger partial charge is 0.273 e. The van der Waals surface area contributed by atoms with Crippen LogP contribution < -0.4 is 5.32 Å². The molecule has 2 heterocycles. The number of hydrogen-bond acceptors (Lipinski definition) is 2. The van der Waals surface area contributed by atoms with Crippen LogP contribution in [0.2, 0.25) is 0 Å². The van der Waals surface area contributed by atoms with E-state index in [4.69, 9.17) is 0 Å². The van der Waals surface area contributed by atoms with Crippen molar-refractivity contribution in [2.24, 2.45) is 0 Å². The molecule has 0 aliphatic carbocycles. The number of carbonyl (C=O) groups is 1. The molecule has 0 unspecified atom stereocenters. The zero-order chi connectivity index (χ0) is 12.4. The molecule has 0 aliphatic heterocycles. The van der Waals surface area contributed by atoms with Crippen LogP contribution in [-0.2, 0) is 0 Å². The van der Waals surface area contributed by atoms with Crippen LogP contribution >= 0.6 is 31.9 Å². The summed E-state index contributed by atoms with van der Waals surface area (Å²) in [6.45, 7) is 1.94. The molecule has 0 bridgehead atoms. The fourth-order valence-electron chi connectivity index (χ4n) is 1.29. The fraction of sp³-hybridized carbons (Fsp3) is 0.0909. The molecule has 2 rings (SSSR count). The predicted octanol–water partition coefficient (Wildman–Crippen LogP) is 3.50. The molecule has 2 aromatic rings. The van der Waals surface area contributed by atoms with E-state index in [1.165, 1.54) is 0 Å². The molecule has 6 heteroatoms. The van der Waals surface area contributed by atoms with Crippen LogP contribution in [0.5, 0.6) is 0 Å². The van der Waals surface area contributed by atoms with Crippen molar-refractivity contribution in [2.45, 2.75) is 6.92 Å². The molecule has 0 aliphatic rings. The van der Waals surface area contributed by atoms with Crippen LogP contribution in [-0.4, -0.2) is 15.9 Å². The number of hydrogen-bond donors (Lipinski definition) is 2. The highest BCUT2D eigenvalue weighted by Crippen LogP contribution is 2.18. The Hall–Kier alpha value is -1.14. The number of pyridine rings is 1. The summed E-state index contributed by atoms with van der Waals surface area (Å²) < 4.78 is 1.75. The second-order valence-electron chi connectivity index (χ2n) is 3.50. The number of carbonyl (C=O) groups excluding carboxylic acids is 1. The third-order valence-corrected chi connectivity index (χ3v) is 3.47. The van der Waals surface area contributed by atoms with Crippen LogP contribution in [0.3, 0.4) is 0 Å². The van der Waals surface area contributed by atoms with Crippen LogP contribution in [0.15, 0.2) is 33.5 Å². The van der Waals surface area contributed by atoms with E-state index in [0.717, 1.165) is 14.5 Å². The van der Waals surface area contributed by atoms with Gasteiger partial charge in [-0.2, -0.15) is 0 Å². The molecule has 17 heavy (non-hydrogen) atoms. The quantitative estimate of drug-likeness (QED) is 0.863. The lowest BCUT2D eigenvalue weighted by Gasteiger charge is -2.04. The van der Waals surface area contributed by atoms with Gasteiger partial charge in [-0.1, -0.05) is 0 Å². The molecule has 0 spiro atoms. The topological polar surface area (TPSA) is 57.8 Å². The van der Waals surface area contributed by atoms with Crippen molar-refractivity contribution in [3.63, 3.8) is 0 Å². The number of aryl methyl sites for hydroxylation is 1. The Labute approximate surface area is 115 Å². The summed E-state index contributed by atoms with van der Waals surface area (Å²) in [6.07, 6.45) is 3.37. The summed E-state index contributed by atoms with van der Waals surface area (Å²) in [5.74, 6) is 0.311. The lowest BCUT2D eigenvalue weighted by atomic mass is 10.3. The van der Waals surface area contributed by atoms with Crippen molar-refractivity contribution < 1.29 is 4.79 Å². The highest BCUT2D eigenvalue weighted by molar-refractivity contribution is 9.10. The standard InChI is InChI=1S/C11H9Br2N3O/c1-6-2-10(15-5-8(6)13)16-11(17)9-3-7(12)4-14-9/h2-5,14H,1H3,(H,15,16,17). The number of amides is 1. The van der Waals surface area contributed by atoms with Crippen LogP contribution in [0.4, 0.5) is 5.82 Å². The minimum absolute atomic E-state index is 0.218. The fourth-order valence-corrected chi connectivity index (χ4v) is 1.85. The Bertz CT molecular complexity index is 566. The Morgan fingerprint density at radius 3 is 2.76 bits per heavy atom. The van der Waals surface area contributed by atoms with Gasteiger partial charge in [0.2, 0.25) is 0 Å². The molecule has 0 saturated carbocycles. The molecular formula is C11H9Br2N3O. The van der Waals surface area contributed by atoms with Gasteiger partial charge in [-0.3, -0.25) is 4.79 Å². The van der Waals surface area contributed by atoms with E-state index in [9.17, 15) is 4.79 Å². The van der Waals surface area contributed by atoms with Gasteiger partial charge in [-0.15, -0.1) is 0 Å². The van der Waals surface area contributed by atoms with E-state index in [2.05, 4.69) is 47.1 Å². The average Bonchev–Trinajstić information content (AvgIpc) is 2.70. The van der Waals surface area contributed by atoms with Crippen LogP contribution in [0, 0.1) is 6.92 Å². The summed E-state index contributed by atoms with van der Waals surface area (Å²) in [5.41, 5.74) is 1.50. The first-order chi connectivity index (χ1) is 8.06. The molecule has 4 nitrogen and oxygen atoms in total. The molecule has 2 aromatic heterocycles. The first kappa shape index (κ1) is 12.3. The lowest BCUT2D eigenvalue weighted by molar-refractivity contribution is 0.102. The summed E-state index contributed by atoms with van der Waals surface area (Å²) in [5, 5.41) is 2.72. The number of aromatic nitrogens is 2. The number of H-pyrrole nitrogens is 1. The Kier molecular flexibility index (Phi) is 3.63. The zero-order valence-electron chi connectivity index (χ0n) is 8.92. The maximum Gasteiger partial charge on any atom is 0.273 e. The van der Waals surface area contributed by atoms with Crippen molar-refractivity contribution in [3.05, 3.63) is 44.7 Å². The molecule has 2 N–H and O–H groups in total. The first-order valence-electron chi connectivity index (χ1n) is 4.83. The molecule has 0 saturated heterocycles. The zero-order valence-corrected chi connectivity index (χ0v) is 12.1. The van der Waals surface area contributed by atoms with Gasteiger partial charge in [0.15, 0.2) is 0 Å². The molecule has 1 amide bonds. The SMILES string of the molecule is Cc1cc(NC(=O)c2cc(Br)c[nH]2)ncc1Br. The van der Waals surface area contributed by atoms with E-state index in [0.29, 0.717) is 11.5 Å². The molecule has 0 fully saturated rings. The van der Waals surface area contributed by atoms with Gasteiger partial charge in [0.05, 0.1) is 0 Å². The second kappa shape index (κ2) is 5.01. The number of rotatable bonds is 2. The second-order valence-corrected chi connectivity index (χ2v) is 5.27. The van der Waals surface area contributed by atoms with Gasteiger partial charge in [0, 0.05) is 21.3 Å². The van der Waals surface area contributed by atoms with Gasteiger partial charge in [0.25, 0.3) is 5.91 Å². The van der Waals surface area contributed by atoms with Crippen LogP contribution in [0.25, 0.3) is 0 Å². The Morgan fingerprint density at radius 1 is 1.41 bits per heavy atom. The van der Waals surface area contributed by atoms with Crippen molar-refractivity contribution >= 4 is 43.6 Å². The van der Waals surface area contributed by atoms with Crippen molar-refractivity contribution in [3.8, 4) is 0 Å². The number of nitrogens with zero attached hydrogens (tertiary/aromatic N) is 1. The van der Waals surface area contributed by atoms with Gasteiger partial charge in [0.1, 0.15) is 11.5 Å². The highest BCUT2D eigenvalue weighted by Gasteiger charge is 2.09. The van der Waals surface area contributed by atoms with E-state index in [-0.39, 0.29) is 5.91 Å². The maximum atomic E-state index is 11.8. The minimum atomic E-state index is -0.218. The van der Waals surface area contributed by atoms with E-state index in [1.54, 1.807) is 24.5 Å². The third kappa shape index (κ3) is 2.95. The summed E-state index contributed by atoms with van der Waals surface area (Å²) in [4.78, 5) is 18.8. The Balaban J connectivity index is 2.15. The molecular weight excluding hydrogens is 350 g/mol. The summed E-state index contributed by atoms with van der Waals surface area (Å²) in [7, 11) is 0. The maximum absolute atomic E-state index is 11.8. The van der Waals surface area contributed by atoms with Gasteiger partial charge >= 0.3 is 0 Å². The van der Waals surface area contributed by atoms with Crippen molar-refractivity contribution in [1.82, 2.24) is 9.97 Å². The molecule has 0 atom stereocenters. The molecule has 0 radical (unpaired) electrons. The van der Waals surface area contributed by atoms with E-state index in [1.807, 2.05) is 6.92 Å². The van der Waals surface area contributed by atoms with Gasteiger partial charge < -0.3 is 10.3 Å². The average molecular weight is 359 g/mol. The highest BCUT2D eigenvalue weighted by atomic mass is 79.9. The summed E-state index contributed by atoms with van der Waals surface area (Å²) in [6, 6.07) is 3.51. The number of anilines is 1. The molecule has 88 valence electrons. The van der Waals surface area contributed by atoms with E-state index >= 15 is 0 Å². The molecule has 0 aromatic carbocycles. The van der Waals surface area contributed by atoms with Crippen LogP contribution in [0.1, 0.15) is 16.1 Å². The van der Waals surface area contributed by atoms with Crippen molar-refractivity contribution in [1.29, 1.82) is 0 Å².